The SMILES string of the molecule is Cc1cc(C)cc(CN2C(C)CN(c3nc4ccc(C(F)(F)F)cc4s3)CC2C)c1. The minimum absolute atomic E-state index is 0.312. The van der Waals surface area contributed by atoms with Crippen molar-refractivity contribution in [2.45, 2.75) is 52.5 Å². The first kappa shape index (κ1) is 21.1. The number of rotatable bonds is 3. The van der Waals surface area contributed by atoms with Gasteiger partial charge in [0.25, 0.3) is 0 Å². The molecule has 2 atom stereocenters. The molecular weight excluding hydrogens is 407 g/mol. The maximum Gasteiger partial charge on any atom is 0.416 e. The average molecular weight is 434 g/mol. The zero-order valence-corrected chi connectivity index (χ0v) is 18.4. The van der Waals surface area contributed by atoms with Crippen molar-refractivity contribution >= 4 is 26.7 Å². The highest BCUT2D eigenvalue weighted by molar-refractivity contribution is 7.22. The maximum absolute atomic E-state index is 13.0. The van der Waals surface area contributed by atoms with Crippen molar-refractivity contribution < 1.29 is 13.2 Å². The second-order valence-electron chi connectivity index (χ2n) is 8.45. The predicted molar refractivity (Wildman–Crippen MR) is 117 cm³/mol. The fraction of sp³-hybridized carbons (Fsp3) is 0.435. The lowest BCUT2D eigenvalue weighted by Gasteiger charge is -2.44. The lowest BCUT2D eigenvalue weighted by atomic mass is 10.0. The molecule has 0 amide bonds. The summed E-state index contributed by atoms with van der Waals surface area (Å²) >= 11 is 1.34. The molecule has 0 N–H and O–H groups in total. The summed E-state index contributed by atoms with van der Waals surface area (Å²) in [4.78, 5) is 9.33. The Morgan fingerprint density at radius 2 is 1.63 bits per heavy atom. The predicted octanol–water partition coefficient (Wildman–Crippen LogP) is 6.03. The van der Waals surface area contributed by atoms with Crippen LogP contribution in [0.1, 0.15) is 36.1 Å². The smallest absolute Gasteiger partial charge is 0.345 e. The number of alkyl halides is 3. The molecule has 3 nitrogen and oxygen atoms in total. The van der Waals surface area contributed by atoms with Crippen LogP contribution in [0.3, 0.4) is 0 Å². The number of hydrogen-bond donors (Lipinski definition) is 0. The topological polar surface area (TPSA) is 19.4 Å². The molecule has 2 aromatic carbocycles. The molecule has 2 heterocycles. The average Bonchev–Trinajstić information content (AvgIpc) is 3.06. The second-order valence-corrected chi connectivity index (χ2v) is 9.46. The molecule has 0 bridgehead atoms. The van der Waals surface area contributed by atoms with E-state index in [1.165, 1.54) is 40.2 Å². The number of fused-ring (bicyclic) bond motifs is 1. The molecule has 1 aliphatic heterocycles. The van der Waals surface area contributed by atoms with Crippen LogP contribution in [0.5, 0.6) is 0 Å². The highest BCUT2D eigenvalue weighted by atomic mass is 32.1. The van der Waals surface area contributed by atoms with E-state index >= 15 is 0 Å². The molecule has 3 aromatic rings. The van der Waals surface area contributed by atoms with Crippen LogP contribution >= 0.6 is 11.3 Å². The van der Waals surface area contributed by atoms with Crippen LogP contribution < -0.4 is 4.90 Å². The van der Waals surface area contributed by atoms with Crippen molar-refractivity contribution in [3.05, 3.63) is 58.7 Å². The van der Waals surface area contributed by atoms with Gasteiger partial charge in [0.2, 0.25) is 0 Å². The number of anilines is 1. The Kier molecular flexibility index (Phi) is 5.53. The van der Waals surface area contributed by atoms with E-state index in [9.17, 15) is 13.2 Å². The minimum atomic E-state index is -4.33. The van der Waals surface area contributed by atoms with Crippen molar-refractivity contribution in [1.82, 2.24) is 9.88 Å². The molecule has 0 spiro atoms. The van der Waals surface area contributed by atoms with Gasteiger partial charge in [0.15, 0.2) is 5.13 Å². The Balaban J connectivity index is 1.52. The fourth-order valence-corrected chi connectivity index (χ4v) is 5.44. The lowest BCUT2D eigenvalue weighted by molar-refractivity contribution is -0.137. The van der Waals surface area contributed by atoms with Gasteiger partial charge in [0, 0.05) is 31.7 Å². The molecule has 1 saturated heterocycles. The monoisotopic (exact) mass is 433 g/mol. The summed E-state index contributed by atoms with van der Waals surface area (Å²) in [6.45, 7) is 11.2. The third-order valence-corrected chi connectivity index (χ3v) is 6.80. The molecule has 1 aromatic heterocycles. The van der Waals surface area contributed by atoms with E-state index in [1.807, 2.05) is 0 Å². The number of hydrogen-bond acceptors (Lipinski definition) is 4. The van der Waals surface area contributed by atoms with Crippen LogP contribution in [0.25, 0.3) is 10.2 Å². The van der Waals surface area contributed by atoms with E-state index in [2.05, 4.69) is 60.7 Å². The van der Waals surface area contributed by atoms with Crippen LogP contribution in [-0.2, 0) is 12.7 Å². The molecule has 160 valence electrons. The van der Waals surface area contributed by atoms with E-state index in [-0.39, 0.29) is 0 Å². The molecule has 0 radical (unpaired) electrons. The highest BCUT2D eigenvalue weighted by Crippen LogP contribution is 2.36. The molecule has 1 aliphatic rings. The first-order chi connectivity index (χ1) is 14.1. The van der Waals surface area contributed by atoms with E-state index in [0.717, 1.165) is 30.8 Å². The van der Waals surface area contributed by atoms with Gasteiger partial charge in [-0.15, -0.1) is 0 Å². The van der Waals surface area contributed by atoms with Gasteiger partial charge in [-0.2, -0.15) is 13.2 Å². The summed E-state index contributed by atoms with van der Waals surface area (Å²) in [5.41, 5.74) is 3.87. The zero-order chi connectivity index (χ0) is 21.6. The van der Waals surface area contributed by atoms with Gasteiger partial charge in [-0.25, -0.2) is 4.98 Å². The van der Waals surface area contributed by atoms with Gasteiger partial charge in [0.1, 0.15) is 0 Å². The van der Waals surface area contributed by atoms with Gasteiger partial charge in [-0.05, 0) is 51.5 Å². The normalized spacial score (nSPS) is 20.8. The molecular formula is C23H26F3N3S. The Labute approximate surface area is 179 Å². The Morgan fingerprint density at radius 1 is 1.00 bits per heavy atom. The Hall–Kier alpha value is -2.12. The van der Waals surface area contributed by atoms with Crippen molar-refractivity contribution in [1.29, 1.82) is 0 Å². The van der Waals surface area contributed by atoms with Gasteiger partial charge in [-0.3, -0.25) is 4.90 Å². The quantitative estimate of drug-likeness (QED) is 0.503. The number of piperazine rings is 1. The highest BCUT2D eigenvalue weighted by Gasteiger charge is 2.33. The van der Waals surface area contributed by atoms with Crippen LogP contribution in [0.15, 0.2) is 36.4 Å². The largest absolute Gasteiger partial charge is 0.416 e. The first-order valence-corrected chi connectivity index (χ1v) is 11.0. The molecule has 0 aliphatic carbocycles. The standard InChI is InChI=1S/C23H26F3N3S/c1-14-7-15(2)9-18(8-14)13-29-16(3)11-28(12-17(29)4)22-27-20-6-5-19(23(24,25)26)10-21(20)30-22/h5-10,16-17H,11-13H2,1-4H3. The molecule has 4 rings (SSSR count). The summed E-state index contributed by atoms with van der Waals surface area (Å²) in [6.07, 6.45) is -4.33. The number of thiazole rings is 1. The van der Waals surface area contributed by atoms with Gasteiger partial charge in [-0.1, -0.05) is 40.7 Å². The summed E-state index contributed by atoms with van der Waals surface area (Å²) in [5.74, 6) is 0. The lowest BCUT2D eigenvalue weighted by Crippen LogP contribution is -2.56. The van der Waals surface area contributed by atoms with Crippen LogP contribution in [-0.4, -0.2) is 35.1 Å². The van der Waals surface area contributed by atoms with Crippen molar-refractivity contribution in [3.63, 3.8) is 0 Å². The Bertz CT molecular complexity index is 1030. The Morgan fingerprint density at radius 3 is 2.23 bits per heavy atom. The molecule has 30 heavy (non-hydrogen) atoms. The van der Waals surface area contributed by atoms with E-state index in [4.69, 9.17) is 0 Å². The number of nitrogens with zero attached hydrogens (tertiary/aromatic N) is 3. The van der Waals surface area contributed by atoms with Crippen molar-refractivity contribution in [2.24, 2.45) is 0 Å². The van der Waals surface area contributed by atoms with Crippen molar-refractivity contribution in [2.75, 3.05) is 18.0 Å². The maximum atomic E-state index is 13.0. The fourth-order valence-electron chi connectivity index (χ4n) is 4.42. The van der Waals surface area contributed by atoms with Gasteiger partial charge in [0.05, 0.1) is 15.8 Å². The van der Waals surface area contributed by atoms with E-state index in [1.54, 1.807) is 0 Å². The molecule has 1 fully saturated rings. The van der Waals surface area contributed by atoms with Crippen LogP contribution in [0.4, 0.5) is 18.3 Å². The summed E-state index contributed by atoms with van der Waals surface area (Å²) in [6, 6.07) is 11.1. The van der Waals surface area contributed by atoms with E-state index < -0.39 is 11.7 Å². The van der Waals surface area contributed by atoms with Gasteiger partial charge >= 0.3 is 6.18 Å². The molecule has 2 unspecified atom stereocenters. The molecule has 0 saturated carbocycles. The number of aromatic nitrogens is 1. The van der Waals surface area contributed by atoms with Crippen LogP contribution in [0, 0.1) is 13.8 Å². The first-order valence-electron chi connectivity index (χ1n) is 10.2. The number of halogens is 3. The van der Waals surface area contributed by atoms with E-state index in [0.29, 0.717) is 22.3 Å². The summed E-state index contributed by atoms with van der Waals surface area (Å²) < 4.78 is 39.6. The summed E-state index contributed by atoms with van der Waals surface area (Å²) in [5, 5.41) is 0.800. The van der Waals surface area contributed by atoms with Crippen molar-refractivity contribution in [3.8, 4) is 0 Å². The van der Waals surface area contributed by atoms with Gasteiger partial charge < -0.3 is 4.90 Å². The number of aryl methyl sites for hydroxylation is 2. The zero-order valence-electron chi connectivity index (χ0n) is 17.6. The van der Waals surface area contributed by atoms with Crippen LogP contribution in [0.2, 0.25) is 0 Å². The molecule has 7 heteroatoms. The third kappa shape index (κ3) is 4.32. The third-order valence-electron chi connectivity index (χ3n) is 5.72. The summed E-state index contributed by atoms with van der Waals surface area (Å²) in [7, 11) is 0. The second kappa shape index (κ2) is 7.85. The number of benzene rings is 2. The minimum Gasteiger partial charge on any atom is -0.345 e.